The number of nitrogens with one attached hydrogen (secondary N) is 1. The molecule has 1 fully saturated rings. The molecule has 13 heteroatoms. The smallest absolute Gasteiger partial charge is 0.416 e. The van der Waals surface area contributed by atoms with Crippen molar-refractivity contribution >= 4 is 52.0 Å². The fraction of sp³-hybridized carbons (Fsp3) is 0.464. The highest BCUT2D eigenvalue weighted by Gasteiger charge is 2.37. The number of nitrogens with zero attached hydrogens (tertiary/aromatic N) is 3. The van der Waals surface area contributed by atoms with Gasteiger partial charge in [-0.1, -0.05) is 30.1 Å². The third kappa shape index (κ3) is 7.68. The zero-order valence-electron chi connectivity index (χ0n) is 23.1. The topological polar surface area (TPSA) is 76.5 Å². The van der Waals surface area contributed by atoms with E-state index in [4.69, 9.17) is 27.9 Å². The van der Waals surface area contributed by atoms with Crippen molar-refractivity contribution in [3.05, 3.63) is 67.7 Å². The van der Waals surface area contributed by atoms with Gasteiger partial charge < -0.3 is 10.1 Å². The molecule has 0 bridgehead atoms. The van der Waals surface area contributed by atoms with E-state index in [9.17, 15) is 22.8 Å². The number of carbonyl (C=O) groups excluding carboxylic acids is 1. The second kappa shape index (κ2) is 12.4. The summed E-state index contributed by atoms with van der Waals surface area (Å²) in [6.07, 6.45) is -3.50. The van der Waals surface area contributed by atoms with Crippen LogP contribution in [-0.4, -0.2) is 51.0 Å². The van der Waals surface area contributed by atoms with Crippen molar-refractivity contribution in [3.8, 4) is 0 Å². The molecule has 1 aliphatic rings. The Morgan fingerprint density at radius 1 is 1.20 bits per heavy atom. The summed E-state index contributed by atoms with van der Waals surface area (Å²) in [6, 6.07) is 5.88. The Morgan fingerprint density at radius 2 is 1.93 bits per heavy atom. The molecule has 0 spiro atoms. The Labute approximate surface area is 250 Å². The maximum atomic E-state index is 14.3. The molecule has 7 nitrogen and oxygen atoms in total. The van der Waals surface area contributed by atoms with E-state index >= 15 is 0 Å². The number of fused-ring (bicyclic) bond motifs is 1. The van der Waals surface area contributed by atoms with Gasteiger partial charge in [0.1, 0.15) is 5.60 Å². The van der Waals surface area contributed by atoms with Crippen molar-refractivity contribution in [2.45, 2.75) is 69.9 Å². The van der Waals surface area contributed by atoms with Gasteiger partial charge in [0, 0.05) is 35.6 Å². The summed E-state index contributed by atoms with van der Waals surface area (Å²) in [5.74, 6) is 0.793. The first kappa shape index (κ1) is 31.5. The number of hydrogen-bond acceptors (Lipinski definition) is 6. The van der Waals surface area contributed by atoms with Crippen LogP contribution in [0.2, 0.25) is 10.0 Å². The van der Waals surface area contributed by atoms with Crippen LogP contribution in [0.4, 0.5) is 18.0 Å². The minimum Gasteiger partial charge on any atom is -0.444 e. The standard InChI is InChI=1S/C28H31Cl2F3N4O3S/c1-5-41-22-7-6-17(29)10-16(22)12-37-15-34-24-19(25(37)38)11-21(28(31,32)33)20(23(24)30)14-36-9-8-18(13-36)35-26(39)40-27(2,3)4/h6-7,10-11,15,18H,5,8-9,12-14H2,1-4H3,(H,35,39)/t18-/m1/s1. The van der Waals surface area contributed by atoms with E-state index in [0.717, 1.165) is 22.3 Å². The highest BCUT2D eigenvalue weighted by atomic mass is 35.5. The summed E-state index contributed by atoms with van der Waals surface area (Å²) >= 11 is 14.3. The first-order chi connectivity index (χ1) is 19.2. The summed E-state index contributed by atoms with van der Waals surface area (Å²) < 4.78 is 49.4. The van der Waals surface area contributed by atoms with Crippen LogP contribution < -0.4 is 10.9 Å². The van der Waals surface area contributed by atoms with Gasteiger partial charge in [-0.05, 0) is 68.3 Å². The number of benzene rings is 2. The molecule has 0 unspecified atom stereocenters. The molecule has 1 aromatic heterocycles. The summed E-state index contributed by atoms with van der Waals surface area (Å²) in [5.41, 5.74) is -1.68. The van der Waals surface area contributed by atoms with Crippen molar-refractivity contribution in [3.63, 3.8) is 0 Å². The van der Waals surface area contributed by atoms with E-state index in [1.54, 1.807) is 49.6 Å². The van der Waals surface area contributed by atoms with Crippen molar-refractivity contribution in [2.75, 3.05) is 18.8 Å². The van der Waals surface area contributed by atoms with Crippen LogP contribution in [0, 0.1) is 0 Å². The van der Waals surface area contributed by atoms with Crippen LogP contribution >= 0.6 is 35.0 Å². The van der Waals surface area contributed by atoms with Gasteiger partial charge in [0.05, 0.1) is 34.4 Å². The lowest BCUT2D eigenvalue weighted by molar-refractivity contribution is -0.138. The van der Waals surface area contributed by atoms with Gasteiger partial charge in [0.25, 0.3) is 5.56 Å². The number of hydrogen-bond donors (Lipinski definition) is 1. The lowest BCUT2D eigenvalue weighted by Crippen LogP contribution is -2.40. The molecular formula is C28H31Cl2F3N4O3S. The van der Waals surface area contributed by atoms with Gasteiger partial charge >= 0.3 is 12.3 Å². The molecule has 0 saturated carbocycles. The van der Waals surface area contributed by atoms with Gasteiger partial charge in [0.15, 0.2) is 0 Å². The molecule has 1 N–H and O–H groups in total. The van der Waals surface area contributed by atoms with Crippen LogP contribution in [0.15, 0.2) is 40.3 Å². The molecule has 3 aromatic rings. The van der Waals surface area contributed by atoms with Crippen molar-refractivity contribution in [2.24, 2.45) is 0 Å². The monoisotopic (exact) mass is 630 g/mol. The van der Waals surface area contributed by atoms with E-state index in [0.29, 0.717) is 24.5 Å². The van der Waals surface area contributed by atoms with Gasteiger partial charge in [-0.2, -0.15) is 13.2 Å². The SMILES string of the molecule is CCSc1ccc(Cl)cc1Cn1cnc2c(Cl)c(CN3CC[C@@H](NC(=O)OC(C)(C)C)C3)c(C(F)(F)F)cc2c1=O. The van der Waals surface area contributed by atoms with Gasteiger partial charge in [-0.3, -0.25) is 14.3 Å². The number of likely N-dealkylation sites (tertiary alicyclic amines) is 1. The summed E-state index contributed by atoms with van der Waals surface area (Å²) in [6.45, 7) is 7.96. The minimum atomic E-state index is -4.76. The predicted molar refractivity (Wildman–Crippen MR) is 156 cm³/mol. The predicted octanol–water partition coefficient (Wildman–Crippen LogP) is 6.98. The Kier molecular flexibility index (Phi) is 9.52. The Balaban J connectivity index is 1.64. The summed E-state index contributed by atoms with van der Waals surface area (Å²) in [7, 11) is 0. The van der Waals surface area contributed by atoms with Crippen molar-refractivity contribution < 1.29 is 22.7 Å². The van der Waals surface area contributed by atoms with Gasteiger partial charge in [-0.25, -0.2) is 9.78 Å². The fourth-order valence-corrected chi connectivity index (χ4v) is 6.06. The van der Waals surface area contributed by atoms with E-state index < -0.39 is 29.0 Å². The van der Waals surface area contributed by atoms with Gasteiger partial charge in [-0.15, -0.1) is 11.8 Å². The minimum absolute atomic E-state index is 0.00722. The molecule has 222 valence electrons. The average molecular weight is 632 g/mol. The third-order valence-electron chi connectivity index (χ3n) is 6.50. The summed E-state index contributed by atoms with van der Waals surface area (Å²) in [5, 5.41) is 2.82. The molecule has 2 heterocycles. The van der Waals surface area contributed by atoms with Crippen molar-refractivity contribution in [1.29, 1.82) is 0 Å². The van der Waals surface area contributed by atoms with E-state index in [1.165, 1.54) is 10.9 Å². The second-order valence-electron chi connectivity index (χ2n) is 10.8. The zero-order chi connectivity index (χ0) is 30.1. The maximum absolute atomic E-state index is 14.3. The zero-order valence-corrected chi connectivity index (χ0v) is 25.4. The van der Waals surface area contributed by atoms with Crippen LogP contribution in [0.1, 0.15) is 50.8 Å². The fourth-order valence-electron chi connectivity index (χ4n) is 4.77. The lowest BCUT2D eigenvalue weighted by atomic mass is 10.0. The third-order valence-corrected chi connectivity index (χ3v) is 8.14. The molecule has 1 saturated heterocycles. The molecule has 1 aliphatic heterocycles. The number of ether oxygens (including phenoxy) is 1. The molecule has 41 heavy (non-hydrogen) atoms. The number of thioether (sulfide) groups is 1. The molecule has 1 atom stereocenters. The number of alkyl carbamates (subject to hydrolysis) is 1. The van der Waals surface area contributed by atoms with Crippen LogP contribution in [0.5, 0.6) is 0 Å². The van der Waals surface area contributed by atoms with Crippen molar-refractivity contribution in [1.82, 2.24) is 19.8 Å². The first-order valence-corrected chi connectivity index (χ1v) is 14.8. The maximum Gasteiger partial charge on any atom is 0.416 e. The van der Waals surface area contributed by atoms with E-state index in [-0.39, 0.29) is 40.6 Å². The lowest BCUT2D eigenvalue weighted by Gasteiger charge is -2.23. The van der Waals surface area contributed by atoms with E-state index in [1.807, 2.05) is 13.0 Å². The Bertz CT molecular complexity index is 1510. The molecule has 2 aromatic carbocycles. The number of amides is 1. The normalized spacial score (nSPS) is 16.4. The molecule has 0 aliphatic carbocycles. The van der Waals surface area contributed by atoms with Crippen LogP contribution in [0.25, 0.3) is 10.9 Å². The van der Waals surface area contributed by atoms with Crippen LogP contribution in [0.3, 0.4) is 0 Å². The van der Waals surface area contributed by atoms with Crippen LogP contribution in [-0.2, 0) is 24.0 Å². The molecule has 1 amide bonds. The molecular weight excluding hydrogens is 600 g/mol. The quantitative estimate of drug-likeness (QED) is 0.284. The molecule has 4 rings (SSSR count). The Hall–Kier alpha value is -2.47. The Morgan fingerprint density at radius 3 is 2.59 bits per heavy atom. The number of carbonyl (C=O) groups is 1. The number of rotatable bonds is 7. The molecule has 0 radical (unpaired) electrons. The largest absolute Gasteiger partial charge is 0.444 e. The number of alkyl halides is 3. The first-order valence-electron chi connectivity index (χ1n) is 13.1. The highest BCUT2D eigenvalue weighted by molar-refractivity contribution is 7.99. The van der Waals surface area contributed by atoms with Gasteiger partial charge in [0.2, 0.25) is 0 Å². The number of aromatic nitrogens is 2. The highest BCUT2D eigenvalue weighted by Crippen LogP contribution is 2.39. The summed E-state index contributed by atoms with van der Waals surface area (Å²) in [4.78, 5) is 32.6. The number of halogens is 5. The second-order valence-corrected chi connectivity index (χ2v) is 13.0. The average Bonchev–Trinajstić information content (AvgIpc) is 3.28. The van der Waals surface area contributed by atoms with E-state index in [2.05, 4.69) is 10.3 Å².